The first-order valence-electron chi connectivity index (χ1n) is 14.4. The van der Waals surface area contributed by atoms with E-state index in [2.05, 4.69) is 11.8 Å². The second-order valence-electron chi connectivity index (χ2n) is 11.4. The Hall–Kier alpha value is -5.18. The molecule has 4 aromatic rings. The topological polar surface area (TPSA) is 128 Å². The van der Waals surface area contributed by atoms with Crippen LogP contribution in [0.2, 0.25) is 0 Å². The number of nitrogens with zero attached hydrogens (tertiary/aromatic N) is 3. The number of hydrogen-bond acceptors (Lipinski definition) is 6. The fraction of sp³-hybridized carbons (Fsp3) is 0.206. The molecular weight excluding hydrogens is 594 g/mol. The molecule has 3 aliphatic heterocycles. The SMILES string of the molecule is O=C(c1ccc(C#Cc2ccccc2)o1)N1CCC2(CC1)CN(S(=O)(=O)O)c1ccc(CN3C(=O)c4ccccc4C3=O)cc12. The van der Waals surface area contributed by atoms with Crippen molar-refractivity contribution >= 4 is 33.7 Å². The number of hydrogen-bond donors (Lipinski definition) is 1. The Labute approximate surface area is 259 Å². The van der Waals surface area contributed by atoms with Crippen molar-refractivity contribution in [2.45, 2.75) is 24.8 Å². The van der Waals surface area contributed by atoms with E-state index in [0.717, 1.165) is 9.87 Å². The number of anilines is 1. The van der Waals surface area contributed by atoms with Gasteiger partial charge in [0.25, 0.3) is 17.7 Å². The zero-order valence-corrected chi connectivity index (χ0v) is 24.8. The average molecular weight is 622 g/mol. The zero-order valence-electron chi connectivity index (χ0n) is 24.0. The van der Waals surface area contributed by atoms with Crippen LogP contribution in [0.4, 0.5) is 5.69 Å². The van der Waals surface area contributed by atoms with Crippen molar-refractivity contribution in [2.24, 2.45) is 0 Å². The number of rotatable bonds is 4. The fourth-order valence-corrected chi connectivity index (χ4v) is 7.25. The van der Waals surface area contributed by atoms with Crippen LogP contribution >= 0.6 is 0 Å². The highest BCUT2D eigenvalue weighted by Crippen LogP contribution is 2.48. The molecule has 4 heterocycles. The van der Waals surface area contributed by atoms with E-state index in [1.165, 1.54) is 4.90 Å². The van der Waals surface area contributed by atoms with Crippen LogP contribution in [0.3, 0.4) is 0 Å². The lowest BCUT2D eigenvalue weighted by Crippen LogP contribution is -2.47. The third-order valence-corrected chi connectivity index (χ3v) is 9.66. The zero-order chi connectivity index (χ0) is 31.3. The molecule has 1 fully saturated rings. The van der Waals surface area contributed by atoms with Gasteiger partial charge in [-0.05, 0) is 72.4 Å². The first-order valence-corrected chi connectivity index (χ1v) is 15.8. The second kappa shape index (κ2) is 10.8. The van der Waals surface area contributed by atoms with Gasteiger partial charge >= 0.3 is 10.3 Å². The second-order valence-corrected chi connectivity index (χ2v) is 12.8. The summed E-state index contributed by atoms with van der Waals surface area (Å²) in [6.07, 6.45) is 0.852. The minimum absolute atomic E-state index is 0.0135. The first kappa shape index (κ1) is 28.6. The normalized spacial score (nSPS) is 16.9. The molecule has 226 valence electrons. The van der Waals surface area contributed by atoms with Crippen LogP contribution in [-0.4, -0.2) is 60.1 Å². The predicted molar refractivity (Wildman–Crippen MR) is 164 cm³/mol. The van der Waals surface area contributed by atoms with Gasteiger partial charge in [-0.2, -0.15) is 8.42 Å². The maximum absolute atomic E-state index is 13.3. The molecule has 3 amide bonds. The molecule has 7 rings (SSSR count). The van der Waals surface area contributed by atoms with Crippen LogP contribution in [0, 0.1) is 11.8 Å². The summed E-state index contributed by atoms with van der Waals surface area (Å²) in [5.41, 5.74) is 2.52. The molecule has 0 unspecified atom stereocenters. The van der Waals surface area contributed by atoms with Crippen LogP contribution in [0.5, 0.6) is 0 Å². The summed E-state index contributed by atoms with van der Waals surface area (Å²) in [6.45, 7) is 0.678. The maximum atomic E-state index is 13.3. The minimum atomic E-state index is -4.57. The number of piperidine rings is 1. The molecule has 10 nitrogen and oxygen atoms in total. The Morgan fingerprint density at radius 3 is 2.20 bits per heavy atom. The van der Waals surface area contributed by atoms with E-state index in [0.29, 0.717) is 59.6 Å². The van der Waals surface area contributed by atoms with E-state index in [1.54, 1.807) is 53.4 Å². The van der Waals surface area contributed by atoms with Gasteiger partial charge in [0, 0.05) is 30.6 Å². The molecule has 0 saturated carbocycles. The van der Waals surface area contributed by atoms with Gasteiger partial charge in [0.1, 0.15) is 0 Å². The van der Waals surface area contributed by atoms with Crippen LogP contribution in [0.15, 0.2) is 89.3 Å². The van der Waals surface area contributed by atoms with Crippen molar-refractivity contribution < 1.29 is 31.8 Å². The highest BCUT2D eigenvalue weighted by Gasteiger charge is 2.48. The van der Waals surface area contributed by atoms with E-state index in [9.17, 15) is 27.4 Å². The highest BCUT2D eigenvalue weighted by atomic mass is 32.2. The van der Waals surface area contributed by atoms with Crippen molar-refractivity contribution in [3.05, 3.63) is 124 Å². The van der Waals surface area contributed by atoms with Crippen molar-refractivity contribution in [3.8, 4) is 11.8 Å². The summed E-state index contributed by atoms with van der Waals surface area (Å²) in [5.74, 6) is 5.41. The van der Waals surface area contributed by atoms with Gasteiger partial charge in [0.15, 0.2) is 11.5 Å². The fourth-order valence-electron chi connectivity index (χ4n) is 6.44. The van der Waals surface area contributed by atoms with Crippen LogP contribution < -0.4 is 4.31 Å². The third-order valence-electron chi connectivity index (χ3n) is 8.77. The van der Waals surface area contributed by atoms with Gasteiger partial charge in [0.05, 0.1) is 23.4 Å². The first-order chi connectivity index (χ1) is 21.6. The van der Waals surface area contributed by atoms with Gasteiger partial charge in [0.2, 0.25) is 0 Å². The van der Waals surface area contributed by atoms with Crippen molar-refractivity contribution in [1.29, 1.82) is 0 Å². The molecule has 3 aliphatic rings. The lowest BCUT2D eigenvalue weighted by Gasteiger charge is -2.39. The molecule has 0 aliphatic carbocycles. The summed E-state index contributed by atoms with van der Waals surface area (Å²) in [4.78, 5) is 42.1. The van der Waals surface area contributed by atoms with E-state index < -0.39 is 15.7 Å². The maximum Gasteiger partial charge on any atom is 0.360 e. The number of amides is 3. The molecular formula is C34H27N3O7S. The summed E-state index contributed by atoms with van der Waals surface area (Å²) in [5, 5.41) is 0. The Bertz CT molecular complexity index is 2000. The van der Waals surface area contributed by atoms with E-state index in [4.69, 9.17) is 4.42 Å². The number of carbonyl (C=O) groups is 3. The van der Waals surface area contributed by atoms with E-state index in [1.807, 2.05) is 36.4 Å². The molecule has 45 heavy (non-hydrogen) atoms. The molecule has 3 aromatic carbocycles. The molecule has 1 N–H and O–H groups in total. The number of benzene rings is 3. The monoisotopic (exact) mass is 621 g/mol. The molecule has 0 radical (unpaired) electrons. The standard InChI is InChI=1S/C34H27N3O7S/c38-31-26-8-4-5-9-27(26)32(39)36(31)21-24-11-14-29-28(20-24)34(22-37(29)45(41,42)43)16-18-35(19-17-34)33(40)30-15-13-25(44-30)12-10-23-6-2-1-3-7-23/h1-9,11,13-15,20H,16-19,21-22H2,(H,41,42,43). The minimum Gasteiger partial charge on any atom is -0.443 e. The number of imide groups is 1. The lowest BCUT2D eigenvalue weighted by atomic mass is 9.74. The smallest absolute Gasteiger partial charge is 0.360 e. The van der Waals surface area contributed by atoms with Crippen molar-refractivity contribution in [3.63, 3.8) is 0 Å². The number of furan rings is 1. The van der Waals surface area contributed by atoms with Crippen molar-refractivity contribution in [2.75, 3.05) is 23.9 Å². The molecule has 11 heteroatoms. The number of likely N-dealkylation sites (tertiary alicyclic amines) is 1. The molecule has 1 aromatic heterocycles. The quantitative estimate of drug-likeness (QED) is 0.205. The van der Waals surface area contributed by atoms with E-state index >= 15 is 0 Å². The number of carbonyl (C=O) groups excluding carboxylic acids is 3. The molecule has 0 atom stereocenters. The number of fused-ring (bicyclic) bond motifs is 3. The highest BCUT2D eigenvalue weighted by molar-refractivity contribution is 7.87. The van der Waals surface area contributed by atoms with Crippen LogP contribution in [0.1, 0.15) is 66.6 Å². The summed E-state index contributed by atoms with van der Waals surface area (Å²) < 4.78 is 41.6. The van der Waals surface area contributed by atoms with Gasteiger partial charge in [-0.1, -0.05) is 48.4 Å². The van der Waals surface area contributed by atoms with Gasteiger partial charge in [-0.3, -0.25) is 23.8 Å². The average Bonchev–Trinajstić information content (AvgIpc) is 3.72. The molecule has 1 spiro atoms. The van der Waals surface area contributed by atoms with Gasteiger partial charge < -0.3 is 9.32 Å². The Balaban J connectivity index is 1.11. The van der Waals surface area contributed by atoms with Crippen LogP contribution in [-0.2, 0) is 22.3 Å². The predicted octanol–water partition coefficient (Wildman–Crippen LogP) is 4.27. The summed E-state index contributed by atoms with van der Waals surface area (Å²) in [7, 11) is -4.57. The van der Waals surface area contributed by atoms with E-state index in [-0.39, 0.29) is 36.6 Å². The van der Waals surface area contributed by atoms with Gasteiger partial charge in [-0.25, -0.2) is 4.31 Å². The van der Waals surface area contributed by atoms with Crippen LogP contribution in [0.25, 0.3) is 0 Å². The Kier molecular flexibility index (Phi) is 6.84. The molecule has 0 bridgehead atoms. The Morgan fingerprint density at radius 1 is 0.867 bits per heavy atom. The third kappa shape index (κ3) is 5.08. The largest absolute Gasteiger partial charge is 0.443 e. The molecule has 1 saturated heterocycles. The Morgan fingerprint density at radius 2 is 1.53 bits per heavy atom. The lowest BCUT2D eigenvalue weighted by molar-refractivity contribution is 0.0635. The van der Waals surface area contributed by atoms with Gasteiger partial charge in [-0.15, -0.1) is 0 Å². The van der Waals surface area contributed by atoms with Crippen molar-refractivity contribution in [1.82, 2.24) is 9.80 Å². The summed E-state index contributed by atoms with van der Waals surface area (Å²) >= 11 is 0. The summed E-state index contributed by atoms with van der Waals surface area (Å²) in [6, 6.07) is 24.4.